The van der Waals surface area contributed by atoms with Crippen LogP contribution in [0, 0.1) is 5.82 Å². The second-order valence-electron chi connectivity index (χ2n) is 3.71. The van der Waals surface area contributed by atoms with Crippen molar-refractivity contribution >= 4 is 0 Å². The molecule has 94 valence electrons. The first-order valence-corrected chi connectivity index (χ1v) is 5.56. The summed E-state index contributed by atoms with van der Waals surface area (Å²) in [6, 6.07) is 4.02. The lowest BCUT2D eigenvalue weighted by Crippen LogP contribution is -2.21. The zero-order valence-electron chi connectivity index (χ0n) is 10.2. The third-order valence-corrected chi connectivity index (χ3v) is 2.67. The van der Waals surface area contributed by atoms with Crippen molar-refractivity contribution in [3.63, 3.8) is 0 Å². The van der Waals surface area contributed by atoms with Gasteiger partial charge in [0.15, 0.2) is 0 Å². The van der Waals surface area contributed by atoms with E-state index < -0.39 is 5.82 Å². The van der Waals surface area contributed by atoms with E-state index in [9.17, 15) is 9.18 Å². The summed E-state index contributed by atoms with van der Waals surface area (Å²) in [4.78, 5) is 16.1. The lowest BCUT2D eigenvalue weighted by molar-refractivity contribution is 0.415. The van der Waals surface area contributed by atoms with E-state index in [1.807, 2.05) is 6.92 Å². The van der Waals surface area contributed by atoms with Gasteiger partial charge in [0.25, 0.3) is 5.56 Å². The highest BCUT2D eigenvalue weighted by atomic mass is 19.1. The first-order valence-electron chi connectivity index (χ1n) is 5.56. The Labute approximate surface area is 104 Å². The molecule has 0 unspecified atom stereocenters. The van der Waals surface area contributed by atoms with Crippen LogP contribution in [-0.2, 0) is 6.54 Å². The molecule has 1 aromatic heterocycles. The maximum absolute atomic E-state index is 13.3. The van der Waals surface area contributed by atoms with Crippen LogP contribution in [0.25, 0.3) is 11.3 Å². The predicted octanol–water partition coefficient (Wildman–Crippen LogP) is 2.08. The van der Waals surface area contributed by atoms with E-state index in [1.54, 1.807) is 6.20 Å². The van der Waals surface area contributed by atoms with Gasteiger partial charge in [-0.1, -0.05) is 0 Å². The molecular formula is C13H13FN2O2. The van der Waals surface area contributed by atoms with E-state index in [2.05, 4.69) is 4.98 Å². The number of benzene rings is 1. The standard InChI is InChI=1S/C13H13FN2O2/c1-3-16-7-6-15-12(13(16)17)10-8-9(14)4-5-11(10)18-2/h4-8H,3H2,1-2H3. The number of aryl methyl sites for hydroxylation is 1. The lowest BCUT2D eigenvalue weighted by Gasteiger charge is -2.09. The molecule has 0 saturated heterocycles. The first-order chi connectivity index (χ1) is 8.67. The highest BCUT2D eigenvalue weighted by Gasteiger charge is 2.13. The van der Waals surface area contributed by atoms with Crippen LogP contribution < -0.4 is 10.3 Å². The molecule has 4 nitrogen and oxygen atoms in total. The van der Waals surface area contributed by atoms with Crippen LogP contribution in [0.5, 0.6) is 5.75 Å². The Hall–Kier alpha value is -2.17. The summed E-state index contributed by atoms with van der Waals surface area (Å²) in [5, 5.41) is 0. The number of hydrogen-bond donors (Lipinski definition) is 0. The largest absolute Gasteiger partial charge is 0.496 e. The topological polar surface area (TPSA) is 44.1 Å². The SMILES string of the molecule is CCn1ccnc(-c2cc(F)ccc2OC)c1=O. The fraction of sp³-hybridized carbons (Fsp3) is 0.231. The molecule has 1 heterocycles. The van der Waals surface area contributed by atoms with Crippen molar-refractivity contribution in [1.29, 1.82) is 0 Å². The molecule has 0 bridgehead atoms. The molecule has 0 N–H and O–H groups in total. The summed E-state index contributed by atoms with van der Waals surface area (Å²) < 4.78 is 19.9. The van der Waals surface area contributed by atoms with Gasteiger partial charge in [-0.25, -0.2) is 9.37 Å². The number of halogens is 1. The molecule has 0 amide bonds. The van der Waals surface area contributed by atoms with Crippen molar-refractivity contribution in [2.24, 2.45) is 0 Å². The molecule has 5 heteroatoms. The summed E-state index contributed by atoms with van der Waals surface area (Å²) >= 11 is 0. The number of ether oxygens (including phenoxy) is 1. The van der Waals surface area contributed by atoms with Gasteiger partial charge in [0.1, 0.15) is 17.3 Å². The summed E-state index contributed by atoms with van der Waals surface area (Å²) in [7, 11) is 1.47. The predicted molar refractivity (Wildman–Crippen MR) is 66.1 cm³/mol. The molecule has 0 aliphatic carbocycles. The number of aromatic nitrogens is 2. The van der Waals surface area contributed by atoms with E-state index in [-0.39, 0.29) is 11.3 Å². The molecular weight excluding hydrogens is 235 g/mol. The van der Waals surface area contributed by atoms with Gasteiger partial charge in [0.2, 0.25) is 0 Å². The molecule has 1 aromatic carbocycles. The van der Waals surface area contributed by atoms with Crippen LogP contribution in [-0.4, -0.2) is 16.7 Å². The third kappa shape index (κ3) is 2.11. The molecule has 0 fully saturated rings. The Kier molecular flexibility index (Phi) is 3.41. The molecule has 0 aliphatic heterocycles. The van der Waals surface area contributed by atoms with Crippen molar-refractivity contribution in [2.75, 3.05) is 7.11 Å². The minimum Gasteiger partial charge on any atom is -0.496 e. The normalized spacial score (nSPS) is 10.4. The number of methoxy groups -OCH3 is 1. The molecule has 2 rings (SSSR count). The second kappa shape index (κ2) is 5.00. The summed E-state index contributed by atoms with van der Waals surface area (Å²) in [6.45, 7) is 2.39. The molecule has 0 saturated carbocycles. The van der Waals surface area contributed by atoms with Crippen molar-refractivity contribution in [3.8, 4) is 17.0 Å². The van der Waals surface area contributed by atoms with Crippen molar-refractivity contribution in [3.05, 3.63) is 46.8 Å². The van der Waals surface area contributed by atoms with E-state index in [1.165, 1.54) is 36.1 Å². The quantitative estimate of drug-likeness (QED) is 0.835. The Morgan fingerprint density at radius 2 is 2.22 bits per heavy atom. The van der Waals surface area contributed by atoms with Crippen LogP contribution in [0.3, 0.4) is 0 Å². The average Bonchev–Trinajstić information content (AvgIpc) is 2.39. The first kappa shape index (κ1) is 12.3. The number of hydrogen-bond acceptors (Lipinski definition) is 3. The smallest absolute Gasteiger partial charge is 0.277 e. The fourth-order valence-corrected chi connectivity index (χ4v) is 1.75. The Balaban J connectivity index is 2.69. The van der Waals surface area contributed by atoms with Gasteiger partial charge in [-0.2, -0.15) is 0 Å². The van der Waals surface area contributed by atoms with Crippen LogP contribution in [0.4, 0.5) is 4.39 Å². The van der Waals surface area contributed by atoms with Gasteiger partial charge in [-0.05, 0) is 25.1 Å². The second-order valence-corrected chi connectivity index (χ2v) is 3.71. The Bertz CT molecular complexity index is 623. The van der Waals surface area contributed by atoms with Gasteiger partial charge in [-0.15, -0.1) is 0 Å². The van der Waals surface area contributed by atoms with Crippen LogP contribution >= 0.6 is 0 Å². The Morgan fingerprint density at radius 1 is 1.44 bits per heavy atom. The van der Waals surface area contributed by atoms with Crippen molar-refractivity contribution < 1.29 is 9.13 Å². The molecule has 2 aromatic rings. The van der Waals surface area contributed by atoms with E-state index >= 15 is 0 Å². The molecule has 0 radical (unpaired) electrons. The highest BCUT2D eigenvalue weighted by molar-refractivity contribution is 5.66. The van der Waals surface area contributed by atoms with E-state index in [0.717, 1.165) is 0 Å². The monoisotopic (exact) mass is 248 g/mol. The Morgan fingerprint density at radius 3 is 2.89 bits per heavy atom. The summed E-state index contributed by atoms with van der Waals surface area (Å²) in [6.07, 6.45) is 3.11. The van der Waals surface area contributed by atoms with Crippen LogP contribution in [0.1, 0.15) is 6.92 Å². The summed E-state index contributed by atoms with van der Waals surface area (Å²) in [5.74, 6) is -0.00578. The minimum absolute atomic E-state index is 0.190. The maximum atomic E-state index is 13.3. The molecule has 0 aliphatic rings. The van der Waals surface area contributed by atoms with Crippen molar-refractivity contribution in [2.45, 2.75) is 13.5 Å². The zero-order valence-corrected chi connectivity index (χ0v) is 10.2. The van der Waals surface area contributed by atoms with E-state index in [4.69, 9.17) is 4.74 Å². The zero-order chi connectivity index (χ0) is 13.1. The van der Waals surface area contributed by atoms with Gasteiger partial charge in [-0.3, -0.25) is 4.79 Å². The van der Waals surface area contributed by atoms with Crippen LogP contribution in [0.2, 0.25) is 0 Å². The third-order valence-electron chi connectivity index (χ3n) is 2.67. The molecule has 0 atom stereocenters. The van der Waals surface area contributed by atoms with E-state index in [0.29, 0.717) is 17.9 Å². The van der Waals surface area contributed by atoms with Gasteiger partial charge >= 0.3 is 0 Å². The lowest BCUT2D eigenvalue weighted by atomic mass is 10.1. The highest BCUT2D eigenvalue weighted by Crippen LogP contribution is 2.26. The van der Waals surface area contributed by atoms with Gasteiger partial charge < -0.3 is 9.30 Å². The van der Waals surface area contributed by atoms with Gasteiger partial charge in [0.05, 0.1) is 12.7 Å². The van der Waals surface area contributed by atoms with Gasteiger partial charge in [0, 0.05) is 18.9 Å². The number of rotatable bonds is 3. The average molecular weight is 248 g/mol. The summed E-state index contributed by atoms with van der Waals surface area (Å²) in [5.41, 5.74) is 0.296. The molecule has 18 heavy (non-hydrogen) atoms. The maximum Gasteiger partial charge on any atom is 0.277 e. The molecule has 0 spiro atoms. The number of nitrogens with zero attached hydrogens (tertiary/aromatic N) is 2. The van der Waals surface area contributed by atoms with Crippen LogP contribution in [0.15, 0.2) is 35.4 Å². The minimum atomic E-state index is -0.432. The van der Waals surface area contributed by atoms with Crippen molar-refractivity contribution in [1.82, 2.24) is 9.55 Å². The fourth-order valence-electron chi connectivity index (χ4n) is 1.75.